The Morgan fingerprint density at radius 3 is 2.49 bits per heavy atom. The topological polar surface area (TPSA) is 142 Å². The molecule has 2 atom stereocenters. The number of benzene rings is 2. The Kier molecular flexibility index (Phi) is 15.2. The molecule has 3 fully saturated rings. The third kappa shape index (κ3) is 12.1. The average Bonchev–Trinajstić information content (AvgIpc) is 3.87. The van der Waals surface area contributed by atoms with Crippen molar-refractivity contribution in [1.29, 1.82) is 0 Å². The zero-order valence-electron chi connectivity index (χ0n) is 33.1. The van der Waals surface area contributed by atoms with Crippen LogP contribution in [0.3, 0.4) is 0 Å². The molecule has 1 saturated carbocycles. The smallest absolute Gasteiger partial charge is 0.409 e. The number of amides is 2. The van der Waals surface area contributed by atoms with E-state index < -0.39 is 28.0 Å². The second kappa shape index (κ2) is 20.1. The van der Waals surface area contributed by atoms with Gasteiger partial charge < -0.3 is 25.6 Å². The van der Waals surface area contributed by atoms with Gasteiger partial charge in [-0.3, -0.25) is 14.5 Å². The third-order valence-electron chi connectivity index (χ3n) is 12.0. The van der Waals surface area contributed by atoms with Crippen molar-refractivity contribution < 1.29 is 27.5 Å². The molecule has 1 aliphatic carbocycles. The summed E-state index contributed by atoms with van der Waals surface area (Å²) in [6.07, 6.45) is 9.12. The highest BCUT2D eigenvalue weighted by Crippen LogP contribution is 2.44. The van der Waals surface area contributed by atoms with E-state index in [0.29, 0.717) is 43.1 Å². The van der Waals surface area contributed by atoms with E-state index in [-0.39, 0.29) is 66.9 Å². The van der Waals surface area contributed by atoms with E-state index in [0.717, 1.165) is 50.2 Å². The average molecular weight is 841 g/mol. The number of hydrogen-bond acceptors (Lipinski definition) is 10. The molecule has 57 heavy (non-hydrogen) atoms. The Balaban J connectivity index is 1.14. The lowest BCUT2D eigenvalue weighted by atomic mass is 9.72. The Hall–Kier alpha value is -3.33. The minimum Gasteiger partial charge on any atom is -0.409 e. The van der Waals surface area contributed by atoms with Crippen LogP contribution in [-0.2, 0) is 38.9 Å². The molecule has 11 nitrogen and oxygen atoms in total. The summed E-state index contributed by atoms with van der Waals surface area (Å²) < 4.78 is 29.4. The van der Waals surface area contributed by atoms with Crippen molar-refractivity contribution in [1.82, 2.24) is 20.0 Å². The van der Waals surface area contributed by atoms with Gasteiger partial charge in [-0.2, -0.15) is 0 Å². The first-order valence-electron chi connectivity index (χ1n) is 20.4. The van der Waals surface area contributed by atoms with E-state index >= 15 is 0 Å². The molecule has 2 aromatic carbocycles. The van der Waals surface area contributed by atoms with Crippen LogP contribution in [0.4, 0.5) is 4.79 Å². The number of ketones is 1. The number of nitrogens with two attached hydrogens (primary N) is 1. The van der Waals surface area contributed by atoms with Crippen LogP contribution in [0.25, 0.3) is 0 Å². The van der Waals surface area contributed by atoms with Gasteiger partial charge >= 0.3 is 6.09 Å². The monoisotopic (exact) mass is 839 g/mol. The van der Waals surface area contributed by atoms with Crippen LogP contribution >= 0.6 is 22.9 Å². The molecular weight excluding hydrogens is 782 g/mol. The number of nitrogens with zero attached hydrogens (tertiary/aromatic N) is 3. The molecule has 0 unspecified atom stereocenters. The normalized spacial score (nSPS) is 22.2. The number of Topliss-reactive ketones (excluding diaryl/α,β-unsaturated/α-hetero) is 1. The van der Waals surface area contributed by atoms with Crippen molar-refractivity contribution >= 4 is 50.6 Å². The minimum absolute atomic E-state index is 0.00849. The number of hydrogen-bond donors (Lipinski definition) is 2. The summed E-state index contributed by atoms with van der Waals surface area (Å²) in [5.74, 6) is 0.0605. The van der Waals surface area contributed by atoms with Crippen molar-refractivity contribution in [2.24, 2.45) is 11.1 Å². The standard InChI is InChI=1S/C43H58ClN5O6S2/c1-57(53,54)27-7-3-6-14-36(46-34-18-20-43(21-19-34)22-23-47(31-43)29-32-10-4-2-5-11-32)41(51)49-25-24-48(30-37(49)38(50)17-16-35-13-9-26-56-35)42(52)55-39-15-8-12-33(28-45)40(39)44/h2,4-5,8-13,15,26,34,36-37,46H,3,6-7,14,16-25,27-31,45H2,1H3/t34?,36-,37+,43?/m1/s1. The van der Waals surface area contributed by atoms with Gasteiger partial charge in [-0.1, -0.05) is 73.0 Å². The number of rotatable bonds is 17. The highest BCUT2D eigenvalue weighted by molar-refractivity contribution is 7.90. The Labute approximate surface area is 347 Å². The van der Waals surface area contributed by atoms with E-state index in [4.69, 9.17) is 22.1 Å². The molecule has 2 amide bonds. The fourth-order valence-corrected chi connectivity index (χ4v) is 10.4. The summed E-state index contributed by atoms with van der Waals surface area (Å²) in [5.41, 5.74) is 8.09. The van der Waals surface area contributed by atoms with Gasteiger partial charge in [0.2, 0.25) is 5.91 Å². The van der Waals surface area contributed by atoms with Crippen LogP contribution in [0.5, 0.6) is 5.75 Å². The summed E-state index contributed by atoms with van der Waals surface area (Å²) in [4.78, 5) is 49.2. The Bertz CT molecular complexity index is 1910. The van der Waals surface area contributed by atoms with E-state index in [1.165, 1.54) is 23.1 Å². The van der Waals surface area contributed by atoms with Crippen LogP contribution in [0.1, 0.15) is 80.2 Å². The van der Waals surface area contributed by atoms with E-state index in [9.17, 15) is 22.8 Å². The van der Waals surface area contributed by atoms with Gasteiger partial charge in [0, 0.05) is 62.1 Å². The van der Waals surface area contributed by atoms with Gasteiger partial charge in [-0.25, -0.2) is 13.2 Å². The quantitative estimate of drug-likeness (QED) is 0.146. The van der Waals surface area contributed by atoms with Crippen LogP contribution in [0.2, 0.25) is 5.02 Å². The number of sulfone groups is 1. The molecule has 2 saturated heterocycles. The molecule has 310 valence electrons. The second-order valence-corrected chi connectivity index (χ2v) is 19.9. The highest BCUT2D eigenvalue weighted by Gasteiger charge is 2.43. The molecule has 3 N–H and O–H groups in total. The fourth-order valence-electron chi connectivity index (χ4n) is 8.77. The van der Waals surface area contributed by atoms with Gasteiger partial charge in [-0.05, 0) is 92.0 Å². The number of carbonyl (C=O) groups is 3. The molecule has 2 aliphatic heterocycles. The molecule has 6 rings (SSSR count). The van der Waals surface area contributed by atoms with Crippen molar-refractivity contribution in [3.8, 4) is 5.75 Å². The fraction of sp³-hybridized carbons (Fsp3) is 0.558. The first-order valence-corrected chi connectivity index (χ1v) is 23.7. The largest absolute Gasteiger partial charge is 0.415 e. The summed E-state index contributed by atoms with van der Waals surface area (Å²) in [7, 11) is -3.08. The number of likely N-dealkylation sites (tertiary alicyclic amines) is 1. The third-order valence-corrected chi connectivity index (χ3v) is 14.4. The Morgan fingerprint density at radius 2 is 1.77 bits per heavy atom. The number of carbonyl (C=O) groups excluding carboxylic acids is 3. The number of ether oxygens (including phenoxy) is 1. The van der Waals surface area contributed by atoms with E-state index in [1.54, 1.807) is 34.4 Å². The van der Waals surface area contributed by atoms with Crippen molar-refractivity contribution in [2.75, 3.05) is 44.7 Å². The lowest BCUT2D eigenvalue weighted by Gasteiger charge is -2.43. The number of thiophene rings is 1. The maximum absolute atomic E-state index is 14.7. The summed E-state index contributed by atoms with van der Waals surface area (Å²) in [6.45, 7) is 3.72. The number of halogens is 1. The van der Waals surface area contributed by atoms with Gasteiger partial charge in [0.15, 0.2) is 11.5 Å². The highest BCUT2D eigenvalue weighted by atomic mass is 35.5. The lowest BCUT2D eigenvalue weighted by Crippen LogP contribution is -2.63. The molecule has 1 spiro atoms. The number of nitrogens with one attached hydrogen (secondary N) is 1. The maximum atomic E-state index is 14.7. The molecule has 0 bridgehead atoms. The van der Waals surface area contributed by atoms with Crippen molar-refractivity contribution in [3.63, 3.8) is 0 Å². The van der Waals surface area contributed by atoms with Gasteiger partial charge in [0.1, 0.15) is 15.9 Å². The van der Waals surface area contributed by atoms with E-state index in [1.807, 2.05) is 17.5 Å². The predicted octanol–water partition coefficient (Wildman–Crippen LogP) is 6.47. The number of aryl methyl sites for hydroxylation is 1. The van der Waals surface area contributed by atoms with Crippen molar-refractivity contribution in [3.05, 3.63) is 87.1 Å². The first-order chi connectivity index (χ1) is 27.4. The van der Waals surface area contributed by atoms with Crippen LogP contribution in [0.15, 0.2) is 66.0 Å². The first kappa shape index (κ1) is 43.3. The molecule has 3 heterocycles. The number of piperazine rings is 1. The molecule has 1 aromatic heterocycles. The van der Waals surface area contributed by atoms with Gasteiger partial charge in [0.25, 0.3) is 0 Å². The van der Waals surface area contributed by atoms with Crippen molar-refractivity contribution in [2.45, 2.75) is 102 Å². The SMILES string of the molecule is CS(=O)(=O)CCCCC[C@@H](NC1CCC2(CC1)CCN(Cc1ccccc1)C2)C(=O)N1CCN(C(=O)Oc2cccc(CN)c2Cl)C[C@H]1C(=O)CCc1cccs1. The molecule has 3 aromatic rings. The minimum atomic E-state index is -3.08. The Morgan fingerprint density at radius 1 is 0.982 bits per heavy atom. The van der Waals surface area contributed by atoms with Crippen LogP contribution < -0.4 is 15.8 Å². The zero-order valence-corrected chi connectivity index (χ0v) is 35.5. The van der Waals surface area contributed by atoms with Crippen LogP contribution in [-0.4, -0.2) is 104 Å². The summed E-state index contributed by atoms with van der Waals surface area (Å²) in [5, 5.41) is 6.00. The summed E-state index contributed by atoms with van der Waals surface area (Å²) in [6, 6.07) is 18.4. The van der Waals surface area contributed by atoms with Gasteiger partial charge in [-0.15, -0.1) is 11.3 Å². The zero-order chi connectivity index (χ0) is 40.4. The molecule has 0 radical (unpaired) electrons. The molecular formula is C43H58ClN5O6S2. The molecule has 14 heteroatoms. The number of unbranched alkanes of at least 4 members (excludes halogenated alkanes) is 2. The van der Waals surface area contributed by atoms with E-state index in [2.05, 4.69) is 40.5 Å². The maximum Gasteiger partial charge on any atom is 0.415 e. The lowest BCUT2D eigenvalue weighted by molar-refractivity contribution is -0.144. The molecule has 3 aliphatic rings. The second-order valence-electron chi connectivity index (χ2n) is 16.3. The summed E-state index contributed by atoms with van der Waals surface area (Å²) >= 11 is 8.06. The predicted molar refractivity (Wildman–Crippen MR) is 226 cm³/mol. The van der Waals surface area contributed by atoms with Crippen LogP contribution in [0, 0.1) is 5.41 Å². The van der Waals surface area contributed by atoms with Gasteiger partial charge in [0.05, 0.1) is 17.6 Å².